The van der Waals surface area contributed by atoms with Gasteiger partial charge in [-0.2, -0.15) is 0 Å². The van der Waals surface area contributed by atoms with Crippen molar-refractivity contribution < 1.29 is 14.5 Å². The molecule has 3 rings (SSSR count). The molecule has 1 aliphatic heterocycles. The van der Waals surface area contributed by atoms with Crippen molar-refractivity contribution in [3.05, 3.63) is 94.4 Å². The third-order valence-corrected chi connectivity index (χ3v) is 5.32. The molecule has 2 aromatic rings. The normalized spacial score (nSPS) is 14.2. The minimum atomic E-state index is -0.472. The maximum Gasteiger partial charge on any atom is 0.269 e. The summed E-state index contributed by atoms with van der Waals surface area (Å²) in [6.07, 6.45) is 2.89. The number of nitrogens with two attached hydrogens (primary N) is 1. The minimum absolute atomic E-state index is 0.0177. The monoisotopic (exact) mass is 462 g/mol. The Morgan fingerprint density at radius 3 is 2.12 bits per heavy atom. The van der Waals surface area contributed by atoms with Crippen molar-refractivity contribution in [2.24, 2.45) is 10.7 Å². The summed E-state index contributed by atoms with van der Waals surface area (Å²) in [6, 6.07) is 12.9. The van der Waals surface area contributed by atoms with E-state index in [4.69, 9.17) is 5.73 Å². The second-order valence-corrected chi connectivity index (χ2v) is 7.61. The molecule has 0 spiro atoms. The molecular weight excluding hydrogens is 436 g/mol. The molecule has 0 aromatic heterocycles. The highest BCUT2D eigenvalue weighted by Gasteiger charge is 2.23. The predicted molar refractivity (Wildman–Crippen MR) is 130 cm³/mol. The lowest BCUT2D eigenvalue weighted by Crippen LogP contribution is -2.50. The van der Waals surface area contributed by atoms with Crippen LogP contribution in [0.1, 0.15) is 22.8 Å². The Hall–Kier alpha value is -4.47. The van der Waals surface area contributed by atoms with E-state index >= 15 is 0 Å². The van der Waals surface area contributed by atoms with Crippen molar-refractivity contribution in [1.82, 2.24) is 9.80 Å². The number of hydrogen-bond acceptors (Lipinski definition) is 7. The van der Waals surface area contributed by atoms with Gasteiger partial charge in [0, 0.05) is 62.0 Å². The molecular formula is C24H26N6O4. The summed E-state index contributed by atoms with van der Waals surface area (Å²) in [6.45, 7) is 7.51. The molecule has 0 saturated carbocycles. The molecule has 1 saturated heterocycles. The minimum Gasteiger partial charge on any atom is -0.405 e. The number of amides is 2. The van der Waals surface area contributed by atoms with E-state index in [1.807, 2.05) is 0 Å². The highest BCUT2D eigenvalue weighted by molar-refractivity contribution is 6.09. The van der Waals surface area contributed by atoms with Crippen LogP contribution in [-0.4, -0.2) is 58.4 Å². The number of allylic oxidation sites excluding steroid dienone is 1. The largest absolute Gasteiger partial charge is 0.405 e. The molecule has 0 bridgehead atoms. The van der Waals surface area contributed by atoms with Gasteiger partial charge in [0.2, 0.25) is 5.91 Å². The summed E-state index contributed by atoms with van der Waals surface area (Å²) in [4.78, 5) is 42.5. The number of carbonyl (C=O) groups excluding carboxylic acids is 2. The third-order valence-electron chi connectivity index (χ3n) is 5.32. The van der Waals surface area contributed by atoms with Crippen molar-refractivity contribution in [2.45, 2.75) is 6.92 Å². The number of non-ortho nitro benzene ring substituents is 1. The predicted octanol–water partition coefficient (Wildman–Crippen LogP) is 2.74. The SMILES string of the molecule is C=C(/N=C(\C=C/N)c1ccc([N+](=O)[O-])cc1)Nc1ccc(C(=O)N2CCN(C(C)=O)CC2)cc1. The number of rotatable bonds is 7. The van der Waals surface area contributed by atoms with Crippen LogP contribution in [0.5, 0.6) is 0 Å². The van der Waals surface area contributed by atoms with E-state index < -0.39 is 4.92 Å². The summed E-state index contributed by atoms with van der Waals surface area (Å²) >= 11 is 0. The molecule has 34 heavy (non-hydrogen) atoms. The van der Waals surface area contributed by atoms with Gasteiger partial charge in [0.1, 0.15) is 5.82 Å². The van der Waals surface area contributed by atoms with Crippen LogP contribution in [-0.2, 0) is 4.79 Å². The van der Waals surface area contributed by atoms with Gasteiger partial charge in [-0.15, -0.1) is 0 Å². The van der Waals surface area contributed by atoms with E-state index in [9.17, 15) is 19.7 Å². The van der Waals surface area contributed by atoms with E-state index in [1.165, 1.54) is 25.3 Å². The van der Waals surface area contributed by atoms with Gasteiger partial charge in [-0.1, -0.05) is 6.58 Å². The number of aliphatic imine (C=N–C) groups is 1. The van der Waals surface area contributed by atoms with Gasteiger partial charge in [0.15, 0.2) is 0 Å². The Kier molecular flexibility index (Phi) is 7.75. The standard InChI is InChI=1S/C24H26N6O4/c1-17(27-23(11-12-25)19-5-9-22(10-6-19)30(33)34)26-21-7-3-20(4-8-21)24(32)29-15-13-28(14-16-29)18(2)31/h3-12,26H,1,13-16,25H2,2H3/b12-11-,27-23+. The quantitative estimate of drug-likeness (QED) is 0.369. The van der Waals surface area contributed by atoms with Crippen LogP contribution in [0.3, 0.4) is 0 Å². The number of hydrogen-bond donors (Lipinski definition) is 2. The van der Waals surface area contributed by atoms with E-state index in [-0.39, 0.29) is 17.5 Å². The zero-order valence-corrected chi connectivity index (χ0v) is 18.8. The lowest BCUT2D eigenvalue weighted by molar-refractivity contribution is -0.384. The molecule has 1 aliphatic rings. The van der Waals surface area contributed by atoms with Crippen LogP contribution in [0.2, 0.25) is 0 Å². The molecule has 1 heterocycles. The van der Waals surface area contributed by atoms with Gasteiger partial charge in [-0.3, -0.25) is 19.7 Å². The number of anilines is 1. The number of piperazine rings is 1. The van der Waals surface area contributed by atoms with Crippen molar-refractivity contribution >= 4 is 28.9 Å². The van der Waals surface area contributed by atoms with Crippen molar-refractivity contribution in [2.75, 3.05) is 31.5 Å². The number of carbonyl (C=O) groups is 2. The molecule has 2 aromatic carbocycles. The van der Waals surface area contributed by atoms with Gasteiger partial charge in [0.25, 0.3) is 11.6 Å². The second-order valence-electron chi connectivity index (χ2n) is 7.61. The molecule has 0 aliphatic carbocycles. The Labute approximate surface area is 197 Å². The molecule has 176 valence electrons. The average molecular weight is 463 g/mol. The smallest absolute Gasteiger partial charge is 0.269 e. The summed E-state index contributed by atoms with van der Waals surface area (Å²) in [7, 11) is 0. The van der Waals surface area contributed by atoms with Gasteiger partial charge < -0.3 is 20.9 Å². The van der Waals surface area contributed by atoms with Gasteiger partial charge >= 0.3 is 0 Å². The zero-order chi connectivity index (χ0) is 24.7. The van der Waals surface area contributed by atoms with Crippen LogP contribution < -0.4 is 11.1 Å². The van der Waals surface area contributed by atoms with Crippen molar-refractivity contribution in [3.63, 3.8) is 0 Å². The first-order valence-corrected chi connectivity index (χ1v) is 10.6. The fourth-order valence-electron chi connectivity index (χ4n) is 3.49. The van der Waals surface area contributed by atoms with Crippen LogP contribution in [0.4, 0.5) is 11.4 Å². The second kappa shape index (κ2) is 10.9. The highest BCUT2D eigenvalue weighted by atomic mass is 16.6. The molecule has 10 nitrogen and oxygen atoms in total. The first-order valence-electron chi connectivity index (χ1n) is 10.6. The lowest BCUT2D eigenvalue weighted by atomic mass is 10.1. The summed E-state index contributed by atoms with van der Waals surface area (Å²) in [5.74, 6) is 0.259. The fourth-order valence-corrected chi connectivity index (χ4v) is 3.49. The molecule has 10 heteroatoms. The molecule has 1 fully saturated rings. The van der Waals surface area contributed by atoms with E-state index in [2.05, 4.69) is 16.9 Å². The van der Waals surface area contributed by atoms with E-state index in [0.29, 0.717) is 54.5 Å². The number of nitro benzene ring substituents is 1. The van der Waals surface area contributed by atoms with Crippen LogP contribution in [0.15, 0.2) is 78.2 Å². The molecule has 0 radical (unpaired) electrons. The van der Waals surface area contributed by atoms with Gasteiger partial charge in [-0.05, 0) is 48.7 Å². The summed E-state index contributed by atoms with van der Waals surface area (Å²) in [5, 5.41) is 13.9. The first-order chi connectivity index (χ1) is 16.3. The van der Waals surface area contributed by atoms with E-state index in [1.54, 1.807) is 52.3 Å². The highest BCUT2D eigenvalue weighted by Crippen LogP contribution is 2.17. The Morgan fingerprint density at radius 2 is 1.59 bits per heavy atom. The molecule has 3 N–H and O–H groups in total. The number of nitrogens with zero attached hydrogens (tertiary/aromatic N) is 4. The number of benzene rings is 2. The van der Waals surface area contributed by atoms with Crippen molar-refractivity contribution in [1.29, 1.82) is 0 Å². The van der Waals surface area contributed by atoms with Gasteiger partial charge in [-0.25, -0.2) is 4.99 Å². The van der Waals surface area contributed by atoms with Gasteiger partial charge in [0.05, 0.1) is 10.6 Å². The van der Waals surface area contributed by atoms with Crippen LogP contribution in [0.25, 0.3) is 0 Å². The Bertz CT molecular complexity index is 1130. The Morgan fingerprint density at radius 1 is 1.03 bits per heavy atom. The first kappa shape index (κ1) is 24.2. The lowest BCUT2D eigenvalue weighted by Gasteiger charge is -2.34. The Balaban J connectivity index is 1.65. The maximum atomic E-state index is 12.8. The summed E-state index contributed by atoms with van der Waals surface area (Å²) in [5.41, 5.74) is 7.86. The number of nitro groups is 1. The topological polar surface area (TPSA) is 134 Å². The van der Waals surface area contributed by atoms with Crippen molar-refractivity contribution in [3.8, 4) is 0 Å². The maximum absolute atomic E-state index is 12.8. The molecule has 0 unspecified atom stereocenters. The third kappa shape index (κ3) is 6.06. The molecule has 0 atom stereocenters. The van der Waals surface area contributed by atoms with Crippen LogP contribution >= 0.6 is 0 Å². The zero-order valence-electron chi connectivity index (χ0n) is 18.8. The summed E-state index contributed by atoms with van der Waals surface area (Å²) < 4.78 is 0. The average Bonchev–Trinajstić information content (AvgIpc) is 2.84. The number of nitrogens with one attached hydrogen (secondary N) is 1. The van der Waals surface area contributed by atoms with Crippen LogP contribution in [0, 0.1) is 10.1 Å². The van der Waals surface area contributed by atoms with E-state index in [0.717, 1.165) is 0 Å². The molecule has 2 amide bonds. The fraction of sp³-hybridized carbons (Fsp3) is 0.208.